The monoisotopic (exact) mass is 517 g/mol. The van der Waals surface area contributed by atoms with E-state index >= 15 is 0 Å². The third-order valence-electron chi connectivity index (χ3n) is 8.09. The van der Waals surface area contributed by atoms with Gasteiger partial charge >= 0.3 is 0 Å². The molecule has 5 heterocycles. The first kappa shape index (κ1) is 23.9. The smallest absolute Gasteiger partial charge is 0.254 e. The average Bonchev–Trinajstić information content (AvgIpc) is 3.75. The Kier molecular flexibility index (Phi) is 6.25. The molecule has 0 aliphatic carbocycles. The zero-order valence-corrected chi connectivity index (χ0v) is 21.9. The van der Waals surface area contributed by atoms with Crippen molar-refractivity contribution in [1.82, 2.24) is 34.8 Å². The summed E-state index contributed by atoms with van der Waals surface area (Å²) in [4.78, 5) is 27.3. The Morgan fingerprint density at radius 3 is 2.62 bits per heavy atom. The van der Waals surface area contributed by atoms with Gasteiger partial charge in [-0.15, -0.1) is 5.10 Å². The molecule has 7 rings (SSSR count). The Morgan fingerprint density at radius 1 is 0.897 bits per heavy atom. The Hall–Kier alpha value is -4.17. The molecule has 0 spiro atoms. The third kappa shape index (κ3) is 4.76. The number of benzene rings is 2. The molecular weight excluding hydrogens is 486 g/mol. The van der Waals surface area contributed by atoms with Crippen LogP contribution in [0.15, 0.2) is 72.9 Å². The van der Waals surface area contributed by atoms with Crippen molar-refractivity contribution in [3.63, 3.8) is 0 Å². The molecule has 1 atom stereocenters. The number of hydrogen-bond donors (Lipinski definition) is 0. The number of fused-ring (bicyclic) bond motifs is 2. The van der Waals surface area contributed by atoms with Gasteiger partial charge in [0.1, 0.15) is 5.52 Å². The standard InChI is InChI=1S/C31H31N7O/c39-31(37-18-4-6-26(37)21-36-16-1-2-17-36)24-10-8-23(9-11-24)28-13-14-29-30(33-28)38(35-34-29)20-22-7-12-27-25(19-22)5-3-15-32-27/h3,5,7-15,19,26H,1-2,4,6,16-18,20-21H2/t26-/m0/s1. The largest absolute Gasteiger partial charge is 0.334 e. The lowest BCUT2D eigenvalue weighted by molar-refractivity contribution is 0.0709. The molecule has 2 aliphatic rings. The molecule has 8 heteroatoms. The Balaban J connectivity index is 1.10. The summed E-state index contributed by atoms with van der Waals surface area (Å²) in [6, 6.07) is 22.4. The first-order valence-electron chi connectivity index (χ1n) is 13.9. The number of likely N-dealkylation sites (tertiary alicyclic amines) is 2. The molecule has 3 aromatic heterocycles. The van der Waals surface area contributed by atoms with Gasteiger partial charge in [0.2, 0.25) is 0 Å². The second kappa shape index (κ2) is 10.2. The summed E-state index contributed by atoms with van der Waals surface area (Å²) >= 11 is 0. The van der Waals surface area contributed by atoms with Crippen molar-refractivity contribution in [3.8, 4) is 11.3 Å². The lowest BCUT2D eigenvalue weighted by Gasteiger charge is -2.28. The van der Waals surface area contributed by atoms with Gasteiger partial charge in [-0.05, 0) is 86.8 Å². The van der Waals surface area contributed by atoms with Gasteiger partial charge in [0.25, 0.3) is 5.91 Å². The van der Waals surface area contributed by atoms with Crippen LogP contribution in [0.1, 0.15) is 41.6 Å². The second-order valence-corrected chi connectivity index (χ2v) is 10.7. The third-order valence-corrected chi connectivity index (χ3v) is 8.09. The second-order valence-electron chi connectivity index (χ2n) is 10.7. The van der Waals surface area contributed by atoms with Gasteiger partial charge < -0.3 is 9.80 Å². The molecule has 1 amide bonds. The van der Waals surface area contributed by atoms with Crippen LogP contribution in [0.2, 0.25) is 0 Å². The number of nitrogens with zero attached hydrogens (tertiary/aromatic N) is 7. The van der Waals surface area contributed by atoms with Crippen LogP contribution in [0.4, 0.5) is 0 Å². The number of pyridine rings is 2. The zero-order valence-electron chi connectivity index (χ0n) is 21.9. The molecule has 2 saturated heterocycles. The minimum Gasteiger partial charge on any atom is -0.334 e. The van der Waals surface area contributed by atoms with Crippen molar-refractivity contribution < 1.29 is 4.79 Å². The minimum atomic E-state index is 0.138. The highest BCUT2D eigenvalue weighted by Crippen LogP contribution is 2.25. The summed E-state index contributed by atoms with van der Waals surface area (Å²) in [5.74, 6) is 0.138. The quantitative estimate of drug-likeness (QED) is 0.322. The molecule has 39 heavy (non-hydrogen) atoms. The summed E-state index contributed by atoms with van der Waals surface area (Å²) in [5, 5.41) is 9.78. The van der Waals surface area contributed by atoms with Crippen LogP contribution < -0.4 is 0 Å². The minimum absolute atomic E-state index is 0.138. The fourth-order valence-electron chi connectivity index (χ4n) is 6.02. The van der Waals surface area contributed by atoms with Crippen LogP contribution in [-0.4, -0.2) is 72.9 Å². The lowest BCUT2D eigenvalue weighted by atomic mass is 10.1. The van der Waals surface area contributed by atoms with Crippen molar-refractivity contribution in [2.75, 3.05) is 26.2 Å². The SMILES string of the molecule is O=C(c1ccc(-c2ccc3nnn(Cc4ccc5ncccc5c4)c3n2)cc1)N1CCC[C@H]1CN1CCCC1. The molecule has 0 unspecified atom stereocenters. The highest BCUT2D eigenvalue weighted by Gasteiger charge is 2.31. The molecule has 8 nitrogen and oxygen atoms in total. The van der Waals surface area contributed by atoms with E-state index in [4.69, 9.17) is 4.98 Å². The summed E-state index contributed by atoms with van der Waals surface area (Å²) in [6.07, 6.45) is 6.55. The van der Waals surface area contributed by atoms with Crippen molar-refractivity contribution >= 4 is 28.0 Å². The maximum absolute atomic E-state index is 13.4. The van der Waals surface area contributed by atoms with E-state index in [1.807, 2.05) is 53.2 Å². The number of carbonyl (C=O) groups excluding carboxylic acids is 1. The van der Waals surface area contributed by atoms with Crippen LogP contribution in [0.25, 0.3) is 33.3 Å². The zero-order chi connectivity index (χ0) is 26.2. The average molecular weight is 518 g/mol. The number of carbonyl (C=O) groups is 1. The van der Waals surface area contributed by atoms with Crippen LogP contribution in [0, 0.1) is 0 Å². The van der Waals surface area contributed by atoms with Crippen LogP contribution in [0.3, 0.4) is 0 Å². The predicted octanol–water partition coefficient (Wildman–Crippen LogP) is 4.79. The maximum Gasteiger partial charge on any atom is 0.254 e. The van der Waals surface area contributed by atoms with Gasteiger partial charge in [-0.3, -0.25) is 9.78 Å². The highest BCUT2D eigenvalue weighted by molar-refractivity contribution is 5.95. The Labute approximate surface area is 227 Å². The highest BCUT2D eigenvalue weighted by atomic mass is 16.2. The van der Waals surface area contributed by atoms with Crippen LogP contribution in [-0.2, 0) is 6.54 Å². The van der Waals surface area contributed by atoms with Crippen molar-refractivity contribution in [2.24, 2.45) is 0 Å². The summed E-state index contributed by atoms with van der Waals surface area (Å²) in [7, 11) is 0. The summed E-state index contributed by atoms with van der Waals surface area (Å²) in [6.45, 7) is 4.75. The summed E-state index contributed by atoms with van der Waals surface area (Å²) < 4.78 is 1.84. The molecule has 0 bridgehead atoms. The first-order chi connectivity index (χ1) is 19.2. The van der Waals surface area contributed by atoms with E-state index in [1.54, 1.807) is 6.20 Å². The van der Waals surface area contributed by atoms with Gasteiger partial charge in [-0.25, -0.2) is 9.67 Å². The molecule has 196 valence electrons. The molecule has 0 radical (unpaired) electrons. The lowest BCUT2D eigenvalue weighted by Crippen LogP contribution is -2.42. The van der Waals surface area contributed by atoms with Crippen LogP contribution in [0.5, 0.6) is 0 Å². The van der Waals surface area contributed by atoms with E-state index in [9.17, 15) is 4.79 Å². The normalized spacial score (nSPS) is 17.9. The van der Waals surface area contributed by atoms with Crippen LogP contribution >= 0.6 is 0 Å². The van der Waals surface area contributed by atoms with Gasteiger partial charge in [-0.1, -0.05) is 29.5 Å². The number of amides is 1. The van der Waals surface area contributed by atoms with Gasteiger partial charge in [0.05, 0.1) is 17.8 Å². The fourth-order valence-corrected chi connectivity index (χ4v) is 6.02. The van der Waals surface area contributed by atoms with E-state index in [0.29, 0.717) is 12.6 Å². The fraction of sp³-hybridized carbons (Fsp3) is 0.323. The maximum atomic E-state index is 13.4. The Morgan fingerprint density at radius 2 is 1.74 bits per heavy atom. The number of hydrogen-bond acceptors (Lipinski definition) is 6. The topological polar surface area (TPSA) is 80.0 Å². The summed E-state index contributed by atoms with van der Waals surface area (Å²) in [5.41, 5.74) is 6.12. The predicted molar refractivity (Wildman–Crippen MR) is 151 cm³/mol. The van der Waals surface area contributed by atoms with E-state index in [-0.39, 0.29) is 5.91 Å². The van der Waals surface area contributed by atoms with E-state index in [0.717, 1.165) is 70.4 Å². The van der Waals surface area contributed by atoms with Gasteiger partial charge in [0.15, 0.2) is 5.65 Å². The van der Waals surface area contributed by atoms with Crippen molar-refractivity contribution in [2.45, 2.75) is 38.3 Å². The molecule has 2 fully saturated rings. The van der Waals surface area contributed by atoms with E-state index < -0.39 is 0 Å². The molecular formula is C31H31N7O. The molecule has 0 N–H and O–H groups in total. The van der Waals surface area contributed by atoms with E-state index in [2.05, 4.69) is 43.3 Å². The van der Waals surface area contributed by atoms with E-state index in [1.165, 1.54) is 25.9 Å². The van der Waals surface area contributed by atoms with Gasteiger partial charge in [0, 0.05) is 41.8 Å². The molecule has 0 saturated carbocycles. The van der Waals surface area contributed by atoms with Crippen molar-refractivity contribution in [1.29, 1.82) is 0 Å². The molecule has 2 aromatic carbocycles. The molecule has 2 aliphatic heterocycles. The number of aromatic nitrogens is 5. The van der Waals surface area contributed by atoms with Gasteiger partial charge in [-0.2, -0.15) is 0 Å². The molecule has 5 aromatic rings. The first-order valence-corrected chi connectivity index (χ1v) is 13.9. The van der Waals surface area contributed by atoms with Crippen molar-refractivity contribution in [3.05, 3.63) is 84.1 Å². The number of rotatable bonds is 6. The Bertz CT molecular complexity index is 1640.